The van der Waals surface area contributed by atoms with E-state index in [0.29, 0.717) is 114 Å². The Morgan fingerprint density at radius 2 is 1.44 bits per heavy atom. The number of cyclic esters (lactones) is 2. The molecular weight excluding hydrogens is 1400 g/mol. The highest BCUT2D eigenvalue weighted by Gasteiger charge is 2.65. The van der Waals surface area contributed by atoms with E-state index in [9.17, 15) is 63.3 Å². The first-order valence-corrected chi connectivity index (χ1v) is 40.1. The number of carbonyl (C=O) groups excluding carboxylic acids is 10. The lowest BCUT2D eigenvalue weighted by Crippen LogP contribution is -2.61. The highest BCUT2D eigenvalue weighted by atomic mass is 16.6. The number of rotatable bonds is 18. The molecule has 9 aliphatic rings. The Labute approximate surface area is 643 Å². The Hall–Kier alpha value is -6.80. The van der Waals surface area contributed by atoms with E-state index in [2.05, 4.69) is 0 Å². The molecule has 5 heterocycles. The van der Waals surface area contributed by atoms with Gasteiger partial charge < -0.3 is 67.8 Å². The number of fused-ring (bicyclic) bond motifs is 7. The number of piperidine rings is 2. The summed E-state index contributed by atoms with van der Waals surface area (Å²) in [6.07, 6.45) is 14.9. The van der Waals surface area contributed by atoms with Gasteiger partial charge in [-0.3, -0.25) is 38.4 Å². The normalized spacial score (nSPS) is 37.5. The van der Waals surface area contributed by atoms with Gasteiger partial charge in [-0.05, 0) is 158 Å². The number of likely N-dealkylation sites (tertiary alicyclic amines) is 1. The monoisotopic (exact) mass is 1520 g/mol. The lowest BCUT2D eigenvalue weighted by molar-refractivity contribution is -0.265. The van der Waals surface area contributed by atoms with Crippen LogP contribution in [0.3, 0.4) is 0 Å². The lowest BCUT2D eigenvalue weighted by Gasteiger charge is -2.53. The number of methoxy groups -OCH3 is 4. The third-order valence-electron chi connectivity index (χ3n) is 25.3. The number of unbranched alkanes of at least 4 members (excludes halogenated alkanes) is 3. The fourth-order valence-corrected chi connectivity index (χ4v) is 18.7. The second-order valence-corrected chi connectivity index (χ2v) is 33.2. The molecule has 0 aromatic rings. The molecule has 1 unspecified atom stereocenters. The smallest absolute Gasteiger partial charge is 0.340 e. The minimum Gasteiger partial charge on any atom is -0.504 e. The molecular formula is C85H122N2O22. The van der Waals surface area contributed by atoms with Crippen LogP contribution >= 0.6 is 0 Å². The van der Waals surface area contributed by atoms with Gasteiger partial charge in [-0.15, -0.1) is 0 Å². The number of aliphatic hydroxyl groups excluding tert-OH is 2. The van der Waals surface area contributed by atoms with Gasteiger partial charge in [0.2, 0.25) is 11.6 Å². The molecule has 1 amide bonds. The SMILES string of the molecule is COC[C@H]1OC(=O)/C(=C/N2CCCCC2)C2=C(O)C(=O)C3=C([C@H](OC(=O)CCCCCCC(=O)O[C@@H]4CCC(C[C@H](C)[C@@H]5CC(=O)[C@H](C)/C=C(\C)[C@@H](O)[C@@H](OC)C(=O)[C@H](C)C[C@H](C)/C=C/C=C/C=C(\C)[C@@H](OC)C[C@@H]6CC[C@@H](C)[C@@](O)(O6)C(=O)C(=O)N6CCCC[C@H]6C(=O)O5)C[C@H]4OC)C[C@]4(C)C(=O)CC[C@@H]34)[C@]21C. The van der Waals surface area contributed by atoms with Crippen molar-refractivity contribution in [1.82, 2.24) is 9.80 Å². The highest BCUT2D eigenvalue weighted by Crippen LogP contribution is 2.63. The number of Topliss-reactive ketones (excluding diaryl/α,β-unsaturated/α-hetero) is 5. The van der Waals surface area contributed by atoms with E-state index in [1.54, 1.807) is 68.0 Å². The molecule has 4 aliphatic carbocycles. The number of nitrogens with zero attached hydrogens (tertiary/aromatic N) is 2. The molecule has 24 nitrogen and oxygen atoms in total. The van der Waals surface area contributed by atoms with E-state index >= 15 is 0 Å². The van der Waals surface area contributed by atoms with Gasteiger partial charge in [0.05, 0.1) is 35.9 Å². The average molecular weight is 1520 g/mol. The maximum Gasteiger partial charge on any atom is 0.340 e. The predicted octanol–water partition coefficient (Wildman–Crippen LogP) is 11.0. The summed E-state index contributed by atoms with van der Waals surface area (Å²) in [4.78, 5) is 146. The summed E-state index contributed by atoms with van der Waals surface area (Å²) in [5, 5.41) is 35.9. The van der Waals surface area contributed by atoms with E-state index in [4.69, 9.17) is 42.6 Å². The molecule has 4 saturated heterocycles. The van der Waals surface area contributed by atoms with Gasteiger partial charge in [-0.2, -0.15) is 0 Å². The summed E-state index contributed by atoms with van der Waals surface area (Å²) in [7, 11) is 5.94. The molecule has 0 aromatic carbocycles. The summed E-state index contributed by atoms with van der Waals surface area (Å²) in [5.41, 5.74) is -0.409. The van der Waals surface area contributed by atoms with Crippen LogP contribution in [0.15, 0.2) is 81.9 Å². The summed E-state index contributed by atoms with van der Waals surface area (Å²) < 4.78 is 54.4. The number of hydrogen-bond donors (Lipinski definition) is 3. The Bertz CT molecular complexity index is 3580. The number of ether oxygens (including phenoxy) is 9. The molecule has 5 aliphatic heterocycles. The van der Waals surface area contributed by atoms with Crippen LogP contribution in [0.4, 0.5) is 0 Å². The molecule has 24 heteroatoms. The van der Waals surface area contributed by atoms with Crippen molar-refractivity contribution in [3.63, 3.8) is 0 Å². The van der Waals surface area contributed by atoms with Crippen LogP contribution in [0, 0.1) is 52.3 Å². The zero-order valence-electron chi connectivity index (χ0n) is 66.6. The second kappa shape index (κ2) is 38.1. The quantitative estimate of drug-likeness (QED) is 0.0287. The molecule has 109 heavy (non-hydrogen) atoms. The topological polar surface area (TPSA) is 321 Å². The van der Waals surface area contributed by atoms with Crippen LogP contribution in [0.1, 0.15) is 216 Å². The van der Waals surface area contributed by atoms with Crippen LogP contribution < -0.4 is 0 Å². The van der Waals surface area contributed by atoms with E-state index in [1.807, 2.05) is 56.1 Å². The van der Waals surface area contributed by atoms with Gasteiger partial charge in [0.25, 0.3) is 11.7 Å². The van der Waals surface area contributed by atoms with E-state index in [0.717, 1.165) is 24.8 Å². The van der Waals surface area contributed by atoms with E-state index in [-0.39, 0.29) is 104 Å². The predicted molar refractivity (Wildman–Crippen MR) is 402 cm³/mol. The van der Waals surface area contributed by atoms with Crippen molar-refractivity contribution in [1.29, 1.82) is 0 Å². The number of hydrogen-bond acceptors (Lipinski definition) is 23. The van der Waals surface area contributed by atoms with Crippen molar-refractivity contribution in [2.45, 2.75) is 283 Å². The maximum absolute atomic E-state index is 14.8. The molecule has 3 N–H and O–H groups in total. The van der Waals surface area contributed by atoms with E-state index < -0.39 is 154 Å². The molecule has 604 valence electrons. The largest absolute Gasteiger partial charge is 0.504 e. The lowest BCUT2D eigenvalue weighted by atomic mass is 9.53. The van der Waals surface area contributed by atoms with Crippen LogP contribution in [-0.2, 0) is 90.6 Å². The van der Waals surface area contributed by atoms with Crippen molar-refractivity contribution in [2.24, 2.45) is 52.3 Å². The zero-order valence-corrected chi connectivity index (χ0v) is 66.6. The molecule has 20 atom stereocenters. The van der Waals surface area contributed by atoms with Crippen molar-refractivity contribution in [2.75, 3.05) is 54.7 Å². The van der Waals surface area contributed by atoms with Crippen LogP contribution in [0.5, 0.6) is 0 Å². The number of aliphatic hydroxyl groups is 3. The summed E-state index contributed by atoms with van der Waals surface area (Å²) in [5.74, 6) is -12.4. The first-order chi connectivity index (χ1) is 51.8. The molecule has 0 aromatic heterocycles. The fourth-order valence-electron chi connectivity index (χ4n) is 18.7. The fraction of sp³-hybridized carbons (Fsp3) is 0.718. The Morgan fingerprint density at radius 1 is 0.743 bits per heavy atom. The minimum absolute atomic E-state index is 0.000603. The maximum atomic E-state index is 14.8. The first-order valence-electron chi connectivity index (χ1n) is 40.1. The first kappa shape index (κ1) is 86.2. The van der Waals surface area contributed by atoms with Gasteiger partial charge in [0.1, 0.15) is 54.2 Å². The second-order valence-electron chi connectivity index (χ2n) is 33.2. The third-order valence-corrected chi connectivity index (χ3v) is 25.3. The molecule has 0 radical (unpaired) electrons. The Kier molecular flexibility index (Phi) is 30.2. The van der Waals surface area contributed by atoms with Crippen LogP contribution in [-0.4, -0.2) is 205 Å². The van der Waals surface area contributed by atoms with Crippen LogP contribution in [0.2, 0.25) is 0 Å². The number of carbonyl (C=O) groups is 10. The number of amides is 1. The summed E-state index contributed by atoms with van der Waals surface area (Å²) in [6.45, 7) is 17.4. The van der Waals surface area contributed by atoms with Gasteiger partial charge in [0.15, 0.2) is 11.5 Å². The van der Waals surface area contributed by atoms with Crippen molar-refractivity contribution in [3.05, 3.63) is 81.9 Å². The van der Waals surface area contributed by atoms with Gasteiger partial charge >= 0.3 is 23.9 Å². The van der Waals surface area contributed by atoms with Gasteiger partial charge in [-0.25, -0.2) is 9.59 Å². The molecule has 2 saturated carbocycles. The molecule has 2 bridgehead atoms. The van der Waals surface area contributed by atoms with Gasteiger partial charge in [-0.1, -0.05) is 90.8 Å². The van der Waals surface area contributed by atoms with Crippen LogP contribution in [0.25, 0.3) is 0 Å². The standard InChI is InChI=1S/C85H122N2O22/c1-49-26-18-16-19-27-50(2)63(102-11)44-57-33-31-55(7)85(100,109-57)79(96)80(97)87-39-25-22-28-60(87)82(99)107-64(45-61(88)51(3)41-54(6)75(93)78(104-13)74(92)53(5)40-49)52(4)42-56-32-35-62(65(43-56)103-12)105-69(90)29-20-14-15-21-30-70(91)106-66-46-83(8)59(34-36-67(83)89)71-73(66)84(9)68(48-101-10)108-81(98)58(72(84)77(95)76(71)94)47-86-37-23-17-24-38-86/h16,18-19,26-27,41,47,49,51-53,55-57,59-60,62-66,68,75,78,93,95,100H,14-15,17,20-25,28-40,42-46,48H2,1-13H3/b19-16+,26-18+,50-27+,54-41+,58-47+/t49-,51-,52+,53-,55-,56?,57+,59+,60+,62-,63+,64+,65-,66-,68-,75-,78+,83+,84+,85-/m1/s1. The van der Waals surface area contributed by atoms with Gasteiger partial charge in [0, 0.05) is 133 Å². The zero-order chi connectivity index (χ0) is 79.4. The Balaban J connectivity index is 0.834. The molecule has 9 rings (SSSR count). The number of esters is 4. The van der Waals surface area contributed by atoms with Crippen molar-refractivity contribution >= 4 is 58.7 Å². The third kappa shape index (κ3) is 19.6. The average Bonchev–Trinajstić information content (AvgIpc) is 1.66. The van der Waals surface area contributed by atoms with E-state index in [1.165, 1.54) is 19.1 Å². The molecule has 0 spiro atoms. The van der Waals surface area contributed by atoms with Crippen molar-refractivity contribution < 1.29 is 106 Å². The highest BCUT2D eigenvalue weighted by molar-refractivity contribution is 6.39. The molecule has 6 fully saturated rings. The summed E-state index contributed by atoms with van der Waals surface area (Å²) in [6, 6.07) is -1.23. The van der Waals surface area contributed by atoms with Crippen molar-refractivity contribution in [3.8, 4) is 0 Å². The summed E-state index contributed by atoms with van der Waals surface area (Å²) >= 11 is 0. The number of ketones is 5. The minimum atomic E-state index is -2.50. The Morgan fingerprint density at radius 3 is 2.12 bits per heavy atom. The number of allylic oxidation sites excluding steroid dienone is 7.